The van der Waals surface area contributed by atoms with Crippen molar-refractivity contribution in [3.05, 3.63) is 0 Å². The number of ether oxygens (including phenoxy) is 11. The van der Waals surface area contributed by atoms with Gasteiger partial charge in [-0.1, -0.05) is 55.4 Å². The summed E-state index contributed by atoms with van der Waals surface area (Å²) in [6.07, 6.45) is -5.29. The van der Waals surface area contributed by atoms with Crippen LogP contribution in [0.25, 0.3) is 0 Å². The standard InChI is InChI=1S/C13H18O8S.2C9H12O6S.2C8H9NO4S.2C8H12O4S/c1-7-11-13(6-19-9(3)15)10(22(16,17)20-11)4-12(7,21-13)5-18-8(2)14;1-4-5-3-9(8(10)13-2)7(14-5)6(4)15-16(9,11)12;1-3-5-4(9(10)13-2)8-7(14-5)6(3)15-16(8,11)12;1-4-5-2-8(3-9)7(12-5)6(4)13-14(8,10)11;1-3-5-4(2-9)8-7(12-5)6(3)13-14(8,10)11;1-4-5-3-8(2)7(11-5)6(4)12-13(8,9)10;1-3-5-4(2)8-7(11-5)6(3)12-13(8,9)10/h7,10-11H,4-6H2,1-3H3;4-7H,3H2,1-2H3;3-8H,1-2H3;4-7H,2H2,1H3;3-8H,1H3;4-7H,3H2,1-2H3;3-8H,1-2H3. The van der Waals surface area contributed by atoms with Crippen LogP contribution < -0.4 is 0 Å². The highest BCUT2D eigenvalue weighted by Gasteiger charge is 2.82. The number of carbonyl (C=O) groups is 4. The van der Waals surface area contributed by atoms with E-state index < -0.39 is 208 Å². The van der Waals surface area contributed by atoms with Gasteiger partial charge < -0.3 is 52.1 Å². The molecular weight excluding hydrogens is 1590 g/mol. The van der Waals surface area contributed by atoms with Crippen LogP contribution in [-0.2, 0) is 171 Å². The Morgan fingerprint density at radius 3 is 1.44 bits per heavy atom. The molecule has 21 saturated heterocycles. The third-order valence-electron chi connectivity index (χ3n) is 26.9. The number of methoxy groups -OCH3 is 2. The molecule has 0 spiro atoms. The summed E-state index contributed by atoms with van der Waals surface area (Å²) in [5.41, 5.74) is -2.14. The predicted molar refractivity (Wildman–Crippen MR) is 351 cm³/mol. The average molecular weight is 1670 g/mol. The van der Waals surface area contributed by atoms with Crippen LogP contribution in [0.2, 0.25) is 0 Å². The van der Waals surface area contributed by atoms with Crippen LogP contribution in [0.4, 0.5) is 0 Å². The van der Waals surface area contributed by atoms with Gasteiger partial charge >= 0.3 is 23.9 Å². The van der Waals surface area contributed by atoms with Crippen molar-refractivity contribution >= 4 is 94.7 Å². The fourth-order valence-electron chi connectivity index (χ4n) is 21.0. The number of fused-ring (bicyclic) bond motifs is 7. The first-order chi connectivity index (χ1) is 50.1. The van der Waals surface area contributed by atoms with Crippen LogP contribution in [0.5, 0.6) is 0 Å². The molecule has 21 aliphatic rings. The van der Waals surface area contributed by atoms with Crippen LogP contribution in [0.1, 0.15) is 102 Å². The summed E-state index contributed by atoms with van der Waals surface area (Å²) in [5, 5.41) is 14.9. The molecule has 108 heavy (non-hydrogen) atoms. The van der Waals surface area contributed by atoms with E-state index in [1.165, 1.54) is 28.1 Å². The molecule has 14 bridgehead atoms. The van der Waals surface area contributed by atoms with Crippen LogP contribution in [0, 0.1) is 81.8 Å². The summed E-state index contributed by atoms with van der Waals surface area (Å²) in [6, 6.07) is 3.90. The maximum atomic E-state index is 12.2. The summed E-state index contributed by atoms with van der Waals surface area (Å²) in [6.45, 7) is 19.2. The van der Waals surface area contributed by atoms with Gasteiger partial charge in [-0.2, -0.15) is 69.4 Å². The van der Waals surface area contributed by atoms with Gasteiger partial charge in [-0.15, -0.1) is 0 Å². The van der Waals surface area contributed by atoms with Gasteiger partial charge in [-0.05, 0) is 13.3 Å². The Hall–Kier alpha value is -4.05. The molecule has 0 aliphatic carbocycles. The van der Waals surface area contributed by atoms with Crippen molar-refractivity contribution in [2.24, 2.45) is 59.2 Å². The van der Waals surface area contributed by atoms with Gasteiger partial charge in [0.2, 0.25) is 9.49 Å². The molecule has 21 rings (SSSR count). The molecule has 0 amide bonds. The Balaban J connectivity index is 0.000000101. The van der Waals surface area contributed by atoms with E-state index in [-0.39, 0.29) is 141 Å². The Morgan fingerprint density at radius 1 is 0.435 bits per heavy atom. The third-order valence-corrected chi connectivity index (χ3v) is 39.7. The second-order valence-electron chi connectivity index (χ2n) is 32.3. The van der Waals surface area contributed by atoms with E-state index in [4.69, 9.17) is 82.4 Å². The predicted octanol–water partition coefficient (Wildman–Crippen LogP) is -1.68. The van der Waals surface area contributed by atoms with Crippen molar-refractivity contribution in [2.75, 3.05) is 27.4 Å². The van der Waals surface area contributed by atoms with E-state index in [2.05, 4.69) is 9.47 Å². The lowest BCUT2D eigenvalue weighted by molar-refractivity contribution is -0.162. The molecule has 45 heteroatoms. The first-order valence-corrected chi connectivity index (χ1v) is 45.5. The van der Waals surface area contributed by atoms with E-state index >= 15 is 0 Å². The van der Waals surface area contributed by atoms with Gasteiger partial charge in [0.15, 0.2) is 0 Å². The molecule has 0 N–H and O–H groups in total. The van der Waals surface area contributed by atoms with Crippen LogP contribution in [0.3, 0.4) is 0 Å². The first kappa shape index (κ1) is 79.2. The summed E-state index contributed by atoms with van der Waals surface area (Å²) in [5.74, 6) is -3.40. The largest absolute Gasteiger partial charge is 0.469 e. The van der Waals surface area contributed by atoms with Crippen molar-refractivity contribution in [1.29, 1.82) is 10.5 Å². The molecule has 0 aromatic heterocycles. The topological polar surface area (TPSA) is 521 Å². The Bertz CT molecular complexity index is 4750. The van der Waals surface area contributed by atoms with E-state index in [1.54, 1.807) is 13.8 Å². The molecule has 0 radical (unpaired) electrons. The quantitative estimate of drug-likeness (QED) is 0.163. The molecular formula is C63H84N2O36S7. The highest BCUT2D eigenvalue weighted by molar-refractivity contribution is 7.90. The number of carbonyl (C=O) groups excluding carboxylic acids is 4. The number of nitriles is 2. The van der Waals surface area contributed by atoms with Crippen LogP contribution in [0.15, 0.2) is 0 Å². The molecule has 21 heterocycles. The molecule has 38 unspecified atom stereocenters. The minimum Gasteiger partial charge on any atom is -0.469 e. The molecule has 0 aromatic carbocycles. The summed E-state index contributed by atoms with van der Waals surface area (Å²) in [7, 11) is -23.1. The lowest BCUT2D eigenvalue weighted by Crippen LogP contribution is -2.52. The number of hydrogen-bond acceptors (Lipinski definition) is 38. The summed E-state index contributed by atoms with van der Waals surface area (Å²) >= 11 is 0. The Morgan fingerprint density at radius 2 is 0.907 bits per heavy atom. The lowest BCUT2D eigenvalue weighted by atomic mass is 9.73. The minimum absolute atomic E-state index is 0.0000520. The van der Waals surface area contributed by atoms with Crippen molar-refractivity contribution in [2.45, 2.75) is 264 Å². The normalized spacial score (nSPS) is 54.1. The highest BCUT2D eigenvalue weighted by atomic mass is 32.2. The molecule has 0 saturated carbocycles. The smallest absolute Gasteiger partial charge is 0.332 e. The first-order valence-electron chi connectivity index (χ1n) is 35.4. The Kier molecular flexibility index (Phi) is 18.7. The minimum atomic E-state index is -3.94. The highest BCUT2D eigenvalue weighted by Crippen LogP contribution is 2.64. The van der Waals surface area contributed by atoms with Crippen LogP contribution >= 0.6 is 0 Å². The van der Waals surface area contributed by atoms with Gasteiger partial charge in [0.1, 0.15) is 135 Å². The number of rotatable bonds is 6. The third kappa shape index (κ3) is 10.7. The zero-order valence-electron chi connectivity index (χ0n) is 60.2. The van der Waals surface area contributed by atoms with Gasteiger partial charge in [0.05, 0.1) is 68.9 Å². The van der Waals surface area contributed by atoms with Gasteiger partial charge in [-0.3, -0.25) is 48.5 Å². The Labute approximate surface area is 624 Å². The summed E-state index contributed by atoms with van der Waals surface area (Å²) < 4.78 is 255. The maximum absolute atomic E-state index is 12.2. The fourth-order valence-corrected chi connectivity index (χ4v) is 33.9. The number of hydrogen-bond donors (Lipinski definition) is 0. The fraction of sp³-hybridized carbons (Fsp3) is 0.905. The zero-order chi connectivity index (χ0) is 78.7. The molecule has 604 valence electrons. The molecule has 38 atom stereocenters. The van der Waals surface area contributed by atoms with Crippen molar-refractivity contribution in [1.82, 2.24) is 0 Å². The summed E-state index contributed by atoms with van der Waals surface area (Å²) in [4.78, 5) is 45.5. The van der Waals surface area contributed by atoms with E-state index in [9.17, 15) is 78.1 Å². The van der Waals surface area contributed by atoms with Gasteiger partial charge in [0, 0.05) is 80.5 Å². The monoisotopic (exact) mass is 1670 g/mol. The van der Waals surface area contributed by atoms with E-state index in [1.807, 2.05) is 60.6 Å². The lowest BCUT2D eigenvalue weighted by Gasteiger charge is -2.31. The molecule has 38 nitrogen and oxygen atoms in total. The SMILES string of the molecule is CC(=O)OCC12CC3C(COC(C)=O)(O1)C(OS3(=O)=O)C2C.CC1C2CC3(C#N)C(O2)C1OS3(=O)=O.CC1C2CC3(C)C(O2)C1OS3(=O)=O.CC1C2OC3C1OS(=O)(=O)C3C2C.CC1C2OC3C1OS(=O)(=O)C3C2C#N.COC(=O)C12CC3OC1C(OS2(=O)=O)C3C.COC(=O)C1C2OC3C(OS(=O)(=O)C31)C2C. The van der Waals surface area contributed by atoms with E-state index in [0.29, 0.717) is 6.42 Å². The maximum Gasteiger partial charge on any atom is 0.332 e. The average Bonchev–Trinajstić information content (AvgIpc) is 1.49. The number of nitrogens with zero attached hydrogens (tertiary/aromatic N) is 2. The second-order valence-corrected chi connectivity index (χ2v) is 44.9. The molecule has 21 fully saturated rings. The molecule has 0 aromatic rings. The van der Waals surface area contributed by atoms with Crippen LogP contribution in [-0.4, -0.2) is 273 Å². The van der Waals surface area contributed by atoms with Gasteiger partial charge in [0.25, 0.3) is 70.8 Å². The molecule has 21 aliphatic heterocycles. The van der Waals surface area contributed by atoms with E-state index in [0.717, 1.165) is 0 Å². The van der Waals surface area contributed by atoms with Crippen molar-refractivity contribution in [3.63, 3.8) is 0 Å². The number of esters is 4. The second kappa shape index (κ2) is 25.5. The van der Waals surface area contributed by atoms with Crippen molar-refractivity contribution < 1.29 is 159 Å². The van der Waals surface area contributed by atoms with Gasteiger partial charge in [-0.25, -0.2) is 0 Å². The van der Waals surface area contributed by atoms with Crippen molar-refractivity contribution in [3.8, 4) is 12.1 Å². The zero-order valence-corrected chi connectivity index (χ0v) is 66.0.